The van der Waals surface area contributed by atoms with Crippen molar-refractivity contribution in [2.24, 2.45) is 0 Å². The Labute approximate surface area is 183 Å². The number of carbonyl (C=O) groups is 1. The van der Waals surface area contributed by atoms with Crippen LogP contribution in [0.3, 0.4) is 0 Å². The van der Waals surface area contributed by atoms with Gasteiger partial charge in [0.05, 0.1) is 12.6 Å². The van der Waals surface area contributed by atoms with E-state index in [1.165, 1.54) is 27.8 Å². The molecular weight excluding hydrogens is 386 g/mol. The van der Waals surface area contributed by atoms with E-state index in [4.69, 9.17) is 4.74 Å². The third kappa shape index (κ3) is 4.35. The number of benzene rings is 3. The number of amides is 1. The summed E-state index contributed by atoms with van der Waals surface area (Å²) in [5.41, 5.74) is 6.84. The van der Waals surface area contributed by atoms with Crippen molar-refractivity contribution in [3.05, 3.63) is 95.1 Å². The molecule has 31 heavy (non-hydrogen) atoms. The molecule has 0 spiro atoms. The minimum absolute atomic E-state index is 0.0109. The summed E-state index contributed by atoms with van der Waals surface area (Å²) in [5, 5.41) is 12.6. The Kier molecular flexibility index (Phi) is 5.84. The standard InChI is InChI=1S/C27H29NO3/c1-27(2,3)19-14-12-18(13-15-19)25(16-29)28-26(30)31-17-24-22-10-6-4-8-20(22)21-9-5-7-11-23(21)24/h4-15,24-25,29H,16-17H2,1-3H3,(H,28,30). The first-order valence-corrected chi connectivity index (χ1v) is 10.7. The maximum Gasteiger partial charge on any atom is 0.407 e. The molecule has 0 aromatic heterocycles. The fourth-order valence-electron chi connectivity index (χ4n) is 4.23. The van der Waals surface area contributed by atoms with Crippen LogP contribution in [0.25, 0.3) is 11.1 Å². The lowest BCUT2D eigenvalue weighted by molar-refractivity contribution is 0.132. The van der Waals surface area contributed by atoms with Crippen LogP contribution in [0.5, 0.6) is 0 Å². The second-order valence-electron chi connectivity index (χ2n) is 9.08. The summed E-state index contributed by atoms with van der Waals surface area (Å²) in [5.74, 6) is 0.0109. The molecule has 1 aliphatic rings. The largest absolute Gasteiger partial charge is 0.449 e. The molecule has 0 saturated carbocycles. The predicted molar refractivity (Wildman–Crippen MR) is 123 cm³/mol. The van der Waals surface area contributed by atoms with Gasteiger partial charge < -0.3 is 15.2 Å². The summed E-state index contributed by atoms with van der Waals surface area (Å²) in [6, 6.07) is 24.0. The summed E-state index contributed by atoms with van der Waals surface area (Å²) in [6.07, 6.45) is -0.527. The van der Waals surface area contributed by atoms with Gasteiger partial charge in [0.1, 0.15) is 6.61 Å². The molecule has 1 atom stereocenters. The second-order valence-corrected chi connectivity index (χ2v) is 9.08. The van der Waals surface area contributed by atoms with E-state index in [9.17, 15) is 9.90 Å². The quantitative estimate of drug-likeness (QED) is 0.574. The maximum absolute atomic E-state index is 12.5. The minimum Gasteiger partial charge on any atom is -0.449 e. The Hall–Kier alpha value is -3.11. The Balaban J connectivity index is 1.43. The van der Waals surface area contributed by atoms with Gasteiger partial charge in [-0.25, -0.2) is 4.79 Å². The topological polar surface area (TPSA) is 58.6 Å². The first-order chi connectivity index (χ1) is 14.9. The fourth-order valence-corrected chi connectivity index (χ4v) is 4.23. The van der Waals surface area contributed by atoms with E-state index in [1.807, 2.05) is 48.5 Å². The molecule has 1 unspecified atom stereocenters. The smallest absolute Gasteiger partial charge is 0.407 e. The summed E-state index contributed by atoms with van der Waals surface area (Å²) in [4.78, 5) is 12.5. The third-order valence-corrected chi connectivity index (χ3v) is 6.00. The van der Waals surface area contributed by atoms with Crippen LogP contribution < -0.4 is 5.32 Å². The Morgan fingerprint density at radius 3 is 2.00 bits per heavy atom. The number of alkyl carbamates (subject to hydrolysis) is 1. The van der Waals surface area contributed by atoms with Gasteiger partial charge in [0, 0.05) is 5.92 Å². The monoisotopic (exact) mass is 415 g/mol. The number of aliphatic hydroxyl groups is 1. The van der Waals surface area contributed by atoms with Crippen molar-refractivity contribution >= 4 is 6.09 Å². The van der Waals surface area contributed by atoms with Gasteiger partial charge in [0.2, 0.25) is 0 Å². The van der Waals surface area contributed by atoms with Gasteiger partial charge in [-0.05, 0) is 38.8 Å². The second kappa shape index (κ2) is 8.56. The lowest BCUT2D eigenvalue weighted by Gasteiger charge is -2.22. The van der Waals surface area contributed by atoms with E-state index in [-0.39, 0.29) is 24.5 Å². The van der Waals surface area contributed by atoms with Gasteiger partial charge in [-0.1, -0.05) is 93.6 Å². The van der Waals surface area contributed by atoms with Gasteiger partial charge in [-0.15, -0.1) is 0 Å². The number of hydrogen-bond donors (Lipinski definition) is 2. The van der Waals surface area contributed by atoms with Crippen molar-refractivity contribution in [1.82, 2.24) is 5.32 Å². The molecule has 3 aromatic carbocycles. The van der Waals surface area contributed by atoms with E-state index >= 15 is 0 Å². The van der Waals surface area contributed by atoms with Crippen LogP contribution in [0, 0.1) is 0 Å². The Bertz CT molecular complexity index is 1020. The zero-order valence-corrected chi connectivity index (χ0v) is 18.3. The van der Waals surface area contributed by atoms with E-state index in [0.29, 0.717) is 0 Å². The molecule has 160 valence electrons. The lowest BCUT2D eigenvalue weighted by Crippen LogP contribution is -2.32. The molecule has 0 aliphatic heterocycles. The van der Waals surface area contributed by atoms with Crippen molar-refractivity contribution in [2.45, 2.75) is 38.1 Å². The first kappa shape index (κ1) is 21.1. The highest BCUT2D eigenvalue weighted by molar-refractivity contribution is 5.79. The summed E-state index contributed by atoms with van der Waals surface area (Å²) in [6.45, 7) is 6.52. The first-order valence-electron chi connectivity index (χ1n) is 10.7. The van der Waals surface area contributed by atoms with Crippen LogP contribution in [0.1, 0.15) is 55.0 Å². The average molecular weight is 416 g/mol. The molecule has 0 heterocycles. The van der Waals surface area contributed by atoms with Crippen molar-refractivity contribution < 1.29 is 14.6 Å². The van der Waals surface area contributed by atoms with Crippen LogP contribution in [0.4, 0.5) is 4.79 Å². The lowest BCUT2D eigenvalue weighted by atomic mass is 9.86. The summed E-state index contributed by atoms with van der Waals surface area (Å²) < 4.78 is 5.61. The van der Waals surface area contributed by atoms with E-state index in [1.54, 1.807) is 0 Å². The normalized spacial score (nSPS) is 13.9. The Morgan fingerprint density at radius 1 is 0.935 bits per heavy atom. The highest BCUT2D eigenvalue weighted by atomic mass is 16.5. The van der Waals surface area contributed by atoms with Crippen molar-refractivity contribution in [3.8, 4) is 11.1 Å². The Morgan fingerprint density at radius 2 is 1.48 bits per heavy atom. The molecular formula is C27H29NO3. The highest BCUT2D eigenvalue weighted by Gasteiger charge is 2.29. The number of aliphatic hydroxyl groups excluding tert-OH is 1. The molecule has 0 bridgehead atoms. The SMILES string of the molecule is CC(C)(C)c1ccc(C(CO)NC(=O)OCC2c3ccccc3-c3ccccc32)cc1. The average Bonchev–Trinajstić information content (AvgIpc) is 3.09. The zero-order valence-electron chi connectivity index (χ0n) is 18.3. The molecule has 2 N–H and O–H groups in total. The third-order valence-electron chi connectivity index (χ3n) is 6.00. The van der Waals surface area contributed by atoms with Gasteiger partial charge in [0.25, 0.3) is 0 Å². The predicted octanol–water partition coefficient (Wildman–Crippen LogP) is 5.56. The van der Waals surface area contributed by atoms with Crippen molar-refractivity contribution in [3.63, 3.8) is 0 Å². The molecule has 1 amide bonds. The van der Waals surface area contributed by atoms with E-state index in [0.717, 1.165) is 5.56 Å². The van der Waals surface area contributed by atoms with Gasteiger partial charge in [-0.3, -0.25) is 0 Å². The van der Waals surface area contributed by atoms with Gasteiger partial charge >= 0.3 is 6.09 Å². The number of nitrogens with one attached hydrogen (secondary N) is 1. The molecule has 4 nitrogen and oxygen atoms in total. The molecule has 1 aliphatic carbocycles. The fraction of sp³-hybridized carbons (Fsp3) is 0.296. The highest BCUT2D eigenvalue weighted by Crippen LogP contribution is 2.44. The maximum atomic E-state index is 12.5. The molecule has 4 heteroatoms. The number of carbonyl (C=O) groups excluding carboxylic acids is 1. The van der Waals surface area contributed by atoms with Crippen LogP contribution in [-0.4, -0.2) is 24.4 Å². The molecule has 3 aromatic rings. The van der Waals surface area contributed by atoms with E-state index in [2.05, 4.69) is 50.4 Å². The number of hydrogen-bond acceptors (Lipinski definition) is 3. The minimum atomic E-state index is -0.527. The molecule has 0 radical (unpaired) electrons. The van der Waals surface area contributed by atoms with Crippen LogP contribution in [-0.2, 0) is 10.2 Å². The zero-order chi connectivity index (χ0) is 22.0. The van der Waals surface area contributed by atoms with Crippen molar-refractivity contribution in [1.29, 1.82) is 0 Å². The summed E-state index contributed by atoms with van der Waals surface area (Å²) >= 11 is 0. The van der Waals surface area contributed by atoms with Crippen LogP contribution in [0.15, 0.2) is 72.8 Å². The van der Waals surface area contributed by atoms with Gasteiger partial charge in [-0.2, -0.15) is 0 Å². The van der Waals surface area contributed by atoms with E-state index < -0.39 is 12.1 Å². The summed E-state index contributed by atoms with van der Waals surface area (Å²) in [7, 11) is 0. The van der Waals surface area contributed by atoms with Gasteiger partial charge in [0.15, 0.2) is 0 Å². The van der Waals surface area contributed by atoms with Crippen LogP contribution in [0.2, 0.25) is 0 Å². The number of fused-ring (bicyclic) bond motifs is 3. The number of ether oxygens (including phenoxy) is 1. The molecule has 4 rings (SSSR count). The van der Waals surface area contributed by atoms with Crippen LogP contribution >= 0.6 is 0 Å². The number of rotatable bonds is 5. The molecule has 0 saturated heterocycles. The van der Waals surface area contributed by atoms with Crippen molar-refractivity contribution in [2.75, 3.05) is 13.2 Å². The molecule has 0 fully saturated rings.